The van der Waals surface area contributed by atoms with Crippen LogP contribution in [0.5, 0.6) is 0 Å². The first-order valence-corrected chi connectivity index (χ1v) is 9.66. The number of nitrogens with zero attached hydrogens (tertiary/aromatic N) is 3. The molecule has 1 aliphatic rings. The van der Waals surface area contributed by atoms with Crippen LogP contribution in [0, 0.1) is 11.6 Å². The Morgan fingerprint density at radius 1 is 1.23 bits per heavy atom. The predicted molar refractivity (Wildman–Crippen MR) is 115 cm³/mol. The molecule has 0 aliphatic carbocycles. The molecule has 9 heteroatoms. The number of carbonyl (C=O) groups excluding carboxylic acids is 1. The van der Waals surface area contributed by atoms with Crippen LogP contribution < -0.4 is 11.2 Å². The van der Waals surface area contributed by atoms with E-state index < -0.39 is 17.5 Å². The van der Waals surface area contributed by atoms with Gasteiger partial charge in [0.2, 0.25) is 0 Å². The second-order valence-corrected chi connectivity index (χ2v) is 7.36. The van der Waals surface area contributed by atoms with Gasteiger partial charge in [-0.1, -0.05) is 29.8 Å². The fraction of sp³-hybridized carbons (Fsp3) is 0.238. The van der Waals surface area contributed by atoms with E-state index in [1.165, 1.54) is 17.3 Å². The van der Waals surface area contributed by atoms with E-state index in [2.05, 4.69) is 15.3 Å². The molecular formula is C21H22ClF2N5O. The molecule has 1 amide bonds. The SMILES string of the molecule is C/C(=N\N(C)N)N1CCC(Cl)=C(c2ccc(NC(=O)c3cccc(F)c3F)cc2)C1. The summed E-state index contributed by atoms with van der Waals surface area (Å²) in [5.74, 6) is 3.40. The number of halogens is 3. The molecule has 0 spiro atoms. The van der Waals surface area contributed by atoms with Crippen molar-refractivity contribution in [3.8, 4) is 0 Å². The number of anilines is 1. The molecule has 0 bridgehead atoms. The molecule has 3 N–H and O–H groups in total. The number of hydrazine groups is 1. The Morgan fingerprint density at radius 3 is 2.60 bits per heavy atom. The number of nitrogens with one attached hydrogen (secondary N) is 1. The lowest BCUT2D eigenvalue weighted by molar-refractivity contribution is 0.102. The van der Waals surface area contributed by atoms with Crippen molar-refractivity contribution >= 4 is 34.6 Å². The number of hydrogen-bond donors (Lipinski definition) is 2. The molecule has 6 nitrogen and oxygen atoms in total. The van der Waals surface area contributed by atoms with Gasteiger partial charge in [-0.05, 0) is 42.3 Å². The van der Waals surface area contributed by atoms with E-state index >= 15 is 0 Å². The Labute approximate surface area is 178 Å². The van der Waals surface area contributed by atoms with E-state index in [1.54, 1.807) is 19.2 Å². The molecule has 0 fully saturated rings. The standard InChI is InChI=1S/C21H22ClF2N5O/c1-13(27-28(2)25)29-11-10-18(22)17(12-29)14-6-8-15(9-7-14)26-21(30)16-4-3-5-19(23)20(16)24/h3-9H,10-12,25H2,1-2H3,(H,26,30)/b27-13+. The quantitative estimate of drug-likeness (QED) is 0.330. The first kappa shape index (κ1) is 21.7. The van der Waals surface area contributed by atoms with E-state index in [4.69, 9.17) is 17.4 Å². The smallest absolute Gasteiger partial charge is 0.258 e. The number of benzene rings is 2. The summed E-state index contributed by atoms with van der Waals surface area (Å²) in [4.78, 5) is 14.3. The molecule has 1 aliphatic heterocycles. The number of carbonyl (C=O) groups is 1. The Bertz CT molecular complexity index is 1000. The summed E-state index contributed by atoms with van der Waals surface area (Å²) in [6.07, 6.45) is 0.676. The average Bonchev–Trinajstić information content (AvgIpc) is 2.70. The summed E-state index contributed by atoms with van der Waals surface area (Å²) in [6.45, 7) is 3.19. The number of hydrazone groups is 1. The van der Waals surface area contributed by atoms with Crippen molar-refractivity contribution < 1.29 is 13.6 Å². The van der Waals surface area contributed by atoms with Crippen LogP contribution >= 0.6 is 11.6 Å². The highest BCUT2D eigenvalue weighted by Gasteiger charge is 2.21. The van der Waals surface area contributed by atoms with Crippen LogP contribution in [0.25, 0.3) is 5.57 Å². The number of rotatable bonds is 4. The zero-order valence-electron chi connectivity index (χ0n) is 16.6. The van der Waals surface area contributed by atoms with Crippen molar-refractivity contribution in [3.63, 3.8) is 0 Å². The molecule has 0 saturated heterocycles. The minimum absolute atomic E-state index is 0.354. The Balaban J connectivity index is 1.75. The Hall–Kier alpha value is -2.97. The van der Waals surface area contributed by atoms with E-state index in [0.717, 1.165) is 34.6 Å². The molecule has 0 aromatic heterocycles. The summed E-state index contributed by atoms with van der Waals surface area (Å²) in [6, 6.07) is 10.5. The minimum Gasteiger partial charge on any atom is -0.354 e. The zero-order valence-corrected chi connectivity index (χ0v) is 17.4. The van der Waals surface area contributed by atoms with Crippen LogP contribution in [-0.2, 0) is 0 Å². The highest BCUT2D eigenvalue weighted by Crippen LogP contribution is 2.30. The third kappa shape index (κ3) is 4.95. The summed E-state index contributed by atoms with van der Waals surface area (Å²) >= 11 is 6.46. The van der Waals surface area contributed by atoms with Gasteiger partial charge in [-0.2, -0.15) is 0 Å². The van der Waals surface area contributed by atoms with Gasteiger partial charge in [-0.25, -0.2) is 19.7 Å². The largest absolute Gasteiger partial charge is 0.354 e. The lowest BCUT2D eigenvalue weighted by Crippen LogP contribution is -2.36. The fourth-order valence-corrected chi connectivity index (χ4v) is 3.44. The molecule has 0 atom stereocenters. The highest BCUT2D eigenvalue weighted by molar-refractivity contribution is 6.33. The summed E-state index contributed by atoms with van der Waals surface area (Å²) in [7, 11) is 1.65. The highest BCUT2D eigenvalue weighted by atomic mass is 35.5. The summed E-state index contributed by atoms with van der Waals surface area (Å²) in [5.41, 5.74) is 1.95. The van der Waals surface area contributed by atoms with Crippen molar-refractivity contribution in [1.29, 1.82) is 0 Å². The zero-order chi connectivity index (χ0) is 21.8. The molecule has 2 aromatic carbocycles. The maximum atomic E-state index is 13.8. The fourth-order valence-electron chi connectivity index (χ4n) is 3.19. The average molecular weight is 434 g/mol. The lowest BCUT2D eigenvalue weighted by atomic mass is 10.0. The van der Waals surface area contributed by atoms with E-state index in [9.17, 15) is 13.6 Å². The molecular weight excluding hydrogens is 412 g/mol. The van der Waals surface area contributed by atoms with Crippen molar-refractivity contribution in [2.45, 2.75) is 13.3 Å². The Kier molecular flexibility index (Phi) is 6.69. The van der Waals surface area contributed by atoms with Gasteiger partial charge in [0, 0.05) is 37.3 Å². The molecule has 0 radical (unpaired) electrons. The van der Waals surface area contributed by atoms with Crippen LogP contribution in [0.4, 0.5) is 14.5 Å². The van der Waals surface area contributed by atoms with Gasteiger partial charge in [-0.3, -0.25) is 4.79 Å². The van der Waals surface area contributed by atoms with E-state index in [-0.39, 0.29) is 5.56 Å². The third-order valence-corrected chi connectivity index (χ3v) is 5.14. The molecule has 0 saturated carbocycles. The molecule has 0 unspecified atom stereocenters. The van der Waals surface area contributed by atoms with Gasteiger partial charge in [-0.15, -0.1) is 5.10 Å². The molecule has 1 heterocycles. The van der Waals surface area contributed by atoms with Gasteiger partial charge in [0.1, 0.15) is 5.84 Å². The van der Waals surface area contributed by atoms with Gasteiger partial charge in [0.05, 0.1) is 5.56 Å². The summed E-state index contributed by atoms with van der Waals surface area (Å²) < 4.78 is 27.1. The predicted octanol–water partition coefficient (Wildman–Crippen LogP) is 4.01. The number of amidine groups is 1. The van der Waals surface area contributed by atoms with E-state index in [0.29, 0.717) is 18.7 Å². The van der Waals surface area contributed by atoms with Crippen molar-refractivity contribution in [2.75, 3.05) is 25.5 Å². The first-order valence-electron chi connectivity index (χ1n) is 9.28. The minimum atomic E-state index is -1.17. The van der Waals surface area contributed by atoms with Gasteiger partial charge in [0.25, 0.3) is 5.91 Å². The van der Waals surface area contributed by atoms with Crippen molar-refractivity contribution in [3.05, 3.63) is 70.3 Å². The van der Waals surface area contributed by atoms with Crippen molar-refractivity contribution in [2.24, 2.45) is 10.9 Å². The number of amides is 1. The molecule has 158 valence electrons. The monoisotopic (exact) mass is 433 g/mol. The van der Waals surface area contributed by atoms with Crippen molar-refractivity contribution in [1.82, 2.24) is 10.0 Å². The normalized spacial score (nSPS) is 14.7. The van der Waals surface area contributed by atoms with Crippen LogP contribution in [0.1, 0.15) is 29.3 Å². The first-order chi connectivity index (χ1) is 14.3. The van der Waals surface area contributed by atoms with E-state index in [1.807, 2.05) is 19.1 Å². The molecule has 3 rings (SSSR count). The van der Waals surface area contributed by atoms with Crippen LogP contribution in [-0.4, -0.2) is 41.9 Å². The molecule has 2 aromatic rings. The molecule has 30 heavy (non-hydrogen) atoms. The van der Waals surface area contributed by atoms with Crippen LogP contribution in [0.3, 0.4) is 0 Å². The third-order valence-electron chi connectivity index (χ3n) is 4.73. The van der Waals surface area contributed by atoms with Gasteiger partial charge in [0.15, 0.2) is 11.6 Å². The maximum Gasteiger partial charge on any atom is 0.258 e. The lowest BCUT2D eigenvalue weighted by Gasteiger charge is -2.31. The topological polar surface area (TPSA) is 74.0 Å². The Morgan fingerprint density at radius 2 is 1.93 bits per heavy atom. The van der Waals surface area contributed by atoms with Crippen LogP contribution in [0.15, 0.2) is 52.6 Å². The summed E-state index contributed by atoms with van der Waals surface area (Å²) in [5, 5.41) is 8.82. The number of nitrogens with two attached hydrogens (primary N) is 1. The van der Waals surface area contributed by atoms with Gasteiger partial charge < -0.3 is 10.2 Å². The van der Waals surface area contributed by atoms with Gasteiger partial charge >= 0.3 is 0 Å². The maximum absolute atomic E-state index is 13.8. The second kappa shape index (κ2) is 9.23. The van der Waals surface area contributed by atoms with Crippen LogP contribution in [0.2, 0.25) is 0 Å². The number of hydrogen-bond acceptors (Lipinski definition) is 4. The second-order valence-electron chi connectivity index (χ2n) is 6.91.